The highest BCUT2D eigenvalue weighted by atomic mass is 16.8. The van der Waals surface area contributed by atoms with Crippen LogP contribution in [0.2, 0.25) is 0 Å². The van der Waals surface area contributed by atoms with Gasteiger partial charge in [0, 0.05) is 41.0 Å². The fraction of sp³-hybridized carbons (Fsp3) is 0.924. The van der Waals surface area contributed by atoms with Crippen molar-refractivity contribution in [2.45, 2.75) is 378 Å². The molecule has 10 saturated heterocycles. The number of aliphatic hydroxyl groups excluding tert-OH is 32. The number of aliphatic carboxylic acids is 1. The lowest BCUT2D eigenvalue weighted by Crippen LogP contribution is -2.70. The molecule has 0 spiro atoms. The summed E-state index contributed by atoms with van der Waals surface area (Å²) in [5.74, 6) is -10.1. The molecule has 10 aliphatic heterocycles. The summed E-state index contributed by atoms with van der Waals surface area (Å²) >= 11 is 0. The van der Waals surface area contributed by atoms with Crippen LogP contribution in [-0.2, 0) is 124 Å². The van der Waals surface area contributed by atoms with Crippen LogP contribution in [0.3, 0.4) is 0 Å². The average Bonchev–Trinajstić information content (AvgIpc) is 0.767. The molecule has 0 aliphatic carbocycles. The number of rotatable bonds is 43. The molecule has 5 amide bonds. The lowest BCUT2D eigenvalue weighted by molar-refractivity contribution is -0.384. The summed E-state index contributed by atoms with van der Waals surface area (Å²) < 4.78 is 118. The molecule has 0 aromatic rings. The van der Waals surface area contributed by atoms with Gasteiger partial charge in [-0.1, -0.05) is 0 Å². The van der Waals surface area contributed by atoms with Crippen LogP contribution in [0, 0.1) is 0 Å². The summed E-state index contributed by atoms with van der Waals surface area (Å²) in [5.41, 5.74) is 0. The van der Waals surface area contributed by atoms with Crippen LogP contribution in [0.1, 0.15) is 41.0 Å². The lowest BCUT2D eigenvalue weighted by Gasteiger charge is -2.51. The Morgan fingerprint density at radius 1 is 0.301 bits per heavy atom. The Hall–Kier alpha value is -5.26. The Morgan fingerprint density at radius 2 is 0.594 bits per heavy atom. The third-order valence-corrected chi connectivity index (χ3v) is 25.6. The molecule has 828 valence electrons. The van der Waals surface area contributed by atoms with E-state index < -0.39 is 458 Å². The summed E-state index contributed by atoms with van der Waals surface area (Å²) in [5, 5.41) is 378. The first-order valence-corrected chi connectivity index (χ1v) is 45.2. The van der Waals surface area contributed by atoms with Crippen molar-refractivity contribution >= 4 is 35.5 Å². The molecule has 64 heteroatoms. The zero-order chi connectivity index (χ0) is 106. The Morgan fingerprint density at radius 3 is 0.979 bits per heavy atom. The molecule has 38 N–H and O–H groups in total. The average molecular weight is 2100 g/mol. The molecule has 55 atom stereocenters. The zero-order valence-corrected chi connectivity index (χ0v) is 76.7. The summed E-state index contributed by atoms with van der Waals surface area (Å²) in [6.07, 6.45) is -109. The second-order valence-corrected chi connectivity index (χ2v) is 35.8. The van der Waals surface area contributed by atoms with Crippen molar-refractivity contribution in [3.63, 3.8) is 0 Å². The number of nitrogens with one attached hydrogen (secondary N) is 5. The number of carbonyl (C=O) groups is 6. The maximum absolute atomic E-state index is 13.4. The molecule has 0 bridgehead atoms. The third-order valence-electron chi connectivity index (χ3n) is 25.6. The Kier molecular flexibility index (Phi) is 44.0. The SMILES string of the molecule is CC(=O)N[C@H]1[C@H](OC[C@H]2O[C@@H](O[C@H]3[C@H](O)[C@@H](NC(C)=O)[C@H](OC[C@H]4O[C@@H](O[C@@H]([C@H](O)[C@@H](O)CO)[C@H](O)CO)[C@H](O)[C@@H](O[C@@H]5O[C@H](CO)[C@@H](O)[C@H](O[C@@H]6O[C@H](CO)[C@H](O)[C@H](O)[C@H]6O)[C@H]5NC(C)=O)[C@H]4O)O[C@@H]3CO)[C@H](O)[C@@H](O[C@@H]3O[C@H](CO)[C@@H](O[C@@H]4O[C@H](CO)[C@H](O)[C@H](O)[C@H]4O)[C@H](O)[C@H]3NC(C)=O)[C@H]2O)O[C@H](CO)[C@@H](O[C@@H]2O[C@H](CO[C@]3(C(=O)O)C[C@H](O)[C@@H](NC(C)=O)[C@H]([C@H](O)[C@H](O)CO)O3)[C@H](O)[C@H](O)[C@H]2O)[C@@H]1O. The molecule has 0 aromatic carbocycles. The highest BCUT2D eigenvalue weighted by molar-refractivity contribution is 5.77. The summed E-state index contributed by atoms with van der Waals surface area (Å²) in [6, 6.07) is -9.84. The van der Waals surface area contributed by atoms with E-state index in [4.69, 9.17) is 94.7 Å². The Balaban J connectivity index is 0.949. The second-order valence-electron chi connectivity index (χ2n) is 35.8. The second kappa shape index (κ2) is 52.7. The number of carboxylic acid groups (broad SMARTS) is 1. The molecule has 10 rings (SSSR count). The summed E-state index contributed by atoms with van der Waals surface area (Å²) in [6.45, 7) is -9.97. The van der Waals surface area contributed by atoms with Crippen LogP contribution in [0.5, 0.6) is 0 Å². The third kappa shape index (κ3) is 27.4. The monoisotopic (exact) mass is 2100 g/mol. The van der Waals surface area contributed by atoms with E-state index in [0.717, 1.165) is 34.6 Å². The minimum atomic E-state index is -3.11. The quantitative estimate of drug-likeness (QED) is 0.0270. The van der Waals surface area contributed by atoms with Crippen molar-refractivity contribution in [2.75, 3.05) is 79.3 Å². The van der Waals surface area contributed by atoms with Crippen molar-refractivity contribution in [2.24, 2.45) is 0 Å². The van der Waals surface area contributed by atoms with Gasteiger partial charge in [0.05, 0.1) is 91.4 Å². The molecule has 64 nitrogen and oxygen atoms in total. The number of amides is 5. The van der Waals surface area contributed by atoms with Gasteiger partial charge in [0.25, 0.3) is 5.79 Å². The summed E-state index contributed by atoms with van der Waals surface area (Å²) in [7, 11) is 0. The largest absolute Gasteiger partial charge is 0.477 e. The van der Waals surface area contributed by atoms with E-state index in [1.54, 1.807) is 0 Å². The van der Waals surface area contributed by atoms with E-state index in [1.807, 2.05) is 0 Å². The number of aliphatic hydroxyl groups is 32. The van der Waals surface area contributed by atoms with Crippen molar-refractivity contribution in [1.29, 1.82) is 0 Å². The van der Waals surface area contributed by atoms with Crippen LogP contribution in [0.15, 0.2) is 0 Å². The van der Waals surface area contributed by atoms with E-state index in [9.17, 15) is 197 Å². The molecule has 143 heavy (non-hydrogen) atoms. The fourth-order valence-corrected chi connectivity index (χ4v) is 17.9. The molecule has 0 unspecified atom stereocenters. The number of hydrogen-bond donors (Lipinski definition) is 38. The predicted octanol–water partition coefficient (Wildman–Crippen LogP) is -25.4. The number of carboxylic acids is 1. The number of hydrogen-bond acceptors (Lipinski definition) is 58. The first kappa shape index (κ1) is 120. The van der Waals surface area contributed by atoms with Crippen molar-refractivity contribution < 1.29 is 292 Å². The van der Waals surface area contributed by atoms with Gasteiger partial charge in [-0.05, 0) is 0 Å². The first-order valence-electron chi connectivity index (χ1n) is 45.2. The van der Waals surface area contributed by atoms with Crippen LogP contribution >= 0.6 is 0 Å². The summed E-state index contributed by atoms with van der Waals surface area (Å²) in [4.78, 5) is 78.1. The standard InChI is InChI=1S/C79H133N5O59/c1-19(94)80-37-24(99)6-79(78(122)123,143-66(37)43(104)26(101)8-86)126-18-36-46(107)55(116)58(119)75(135-36)138-62-31(13-91)130-69(38(50(62)111)81-20(2)95)125-17-35-48(109)67(141-71-40(83-22(4)97)52(113)64(33(15-93)132-71)137-73-56(117)53(114)44(105)28(10-88)128-73)60(121)77(134-35)139-63-32(14-92)131-70(39(51(63)112)82-21(3)96)124-16-34-49(110)68(59(120)76(133-34)136-61(27(102)9-87)42(103)25(100)7-85)142-72-41(84-23(5)98)65(47(108)30(12-90)127-72)140-74-57(118)54(115)45(106)29(11-89)129-74/h24-77,85-93,99-121H,6-18H2,1-5H3,(H,80,94)(H,81,95)(H,82,96)(H,83,97)(H,84,98)(H,122,123)/t24-,25-,26+,27+,28+,29+,30+,31+,32+,33+,34+,35+,36+,37+,38+,39+,40+,41+,42+,43+,44-,45-,46-,47+,48-,49-,50+,51+,52+,53-,54-,55-,56+,57+,58+,59+,60+,61+,62+,63+,64+,65+,66+,67-,68-,69+,70+,71-,72-,73-,74-,75-,76-,77-,79+/m0/s1. The molecule has 10 heterocycles. The van der Waals surface area contributed by atoms with Gasteiger partial charge in [-0.25, -0.2) is 4.79 Å². The molecular formula is C79H133N5O59. The Labute approximate surface area is 808 Å². The van der Waals surface area contributed by atoms with Gasteiger partial charge in [-0.15, -0.1) is 0 Å². The minimum Gasteiger partial charge on any atom is -0.477 e. The number of ether oxygens (including phenoxy) is 20. The highest BCUT2D eigenvalue weighted by Gasteiger charge is 2.63. The molecule has 10 fully saturated rings. The van der Waals surface area contributed by atoms with Gasteiger partial charge in [0.15, 0.2) is 56.6 Å². The van der Waals surface area contributed by atoms with Gasteiger partial charge in [0.2, 0.25) is 29.5 Å². The molecule has 0 aromatic heterocycles. The van der Waals surface area contributed by atoms with E-state index in [0.29, 0.717) is 0 Å². The van der Waals surface area contributed by atoms with Gasteiger partial charge < -0.3 is 290 Å². The number of carbonyl (C=O) groups excluding carboxylic acids is 5. The smallest absolute Gasteiger partial charge is 0.364 e. The van der Waals surface area contributed by atoms with Crippen molar-refractivity contribution in [3.05, 3.63) is 0 Å². The fourth-order valence-electron chi connectivity index (χ4n) is 17.9. The van der Waals surface area contributed by atoms with Crippen LogP contribution in [-0.4, -0.2) is 620 Å². The molecule has 0 saturated carbocycles. The maximum Gasteiger partial charge on any atom is 0.364 e. The first-order chi connectivity index (χ1) is 67.4. The van der Waals surface area contributed by atoms with Gasteiger partial charge >= 0.3 is 5.97 Å². The predicted molar refractivity (Wildman–Crippen MR) is 440 cm³/mol. The molecular weight excluding hydrogens is 1960 g/mol. The Bertz CT molecular complexity index is 3970. The minimum absolute atomic E-state index is 0.857. The highest BCUT2D eigenvalue weighted by Crippen LogP contribution is 2.42. The zero-order valence-electron chi connectivity index (χ0n) is 76.7. The topological polar surface area (TPSA) is 1010 Å². The van der Waals surface area contributed by atoms with Gasteiger partial charge in [-0.2, -0.15) is 0 Å². The molecule has 10 aliphatic rings. The van der Waals surface area contributed by atoms with E-state index in [-0.39, 0.29) is 0 Å². The van der Waals surface area contributed by atoms with E-state index in [2.05, 4.69) is 26.6 Å². The molecule has 0 radical (unpaired) electrons. The van der Waals surface area contributed by atoms with Crippen LogP contribution in [0.25, 0.3) is 0 Å². The van der Waals surface area contributed by atoms with Crippen LogP contribution < -0.4 is 26.6 Å². The van der Waals surface area contributed by atoms with Gasteiger partial charge in [-0.3, -0.25) is 24.0 Å². The lowest BCUT2D eigenvalue weighted by atomic mass is 9.88. The van der Waals surface area contributed by atoms with Crippen LogP contribution in [0.4, 0.5) is 0 Å². The van der Waals surface area contributed by atoms with E-state index >= 15 is 0 Å². The van der Waals surface area contributed by atoms with Crippen molar-refractivity contribution in [3.8, 4) is 0 Å². The normalized spacial score (nSPS) is 45.5. The van der Waals surface area contributed by atoms with Gasteiger partial charge in [0.1, 0.15) is 262 Å². The maximum atomic E-state index is 13.4. The van der Waals surface area contributed by atoms with E-state index in [1.165, 1.54) is 0 Å². The van der Waals surface area contributed by atoms with Crippen molar-refractivity contribution in [1.82, 2.24) is 26.6 Å².